The maximum Gasteiger partial charge on any atom is 0.254 e. The summed E-state index contributed by atoms with van der Waals surface area (Å²) in [6, 6.07) is 4.94. The smallest absolute Gasteiger partial charge is 0.254 e. The molecule has 0 saturated carbocycles. The summed E-state index contributed by atoms with van der Waals surface area (Å²) < 4.78 is 14.2. The predicted octanol–water partition coefficient (Wildman–Crippen LogP) is 2.88. The van der Waals surface area contributed by atoms with Gasteiger partial charge in [0.15, 0.2) is 0 Å². The highest BCUT2D eigenvalue weighted by atomic mass is 79.9. The molecule has 0 aromatic heterocycles. The van der Waals surface area contributed by atoms with Crippen molar-refractivity contribution in [2.24, 2.45) is 0 Å². The van der Waals surface area contributed by atoms with Crippen LogP contribution in [0.3, 0.4) is 0 Å². The van der Waals surface area contributed by atoms with Crippen LogP contribution in [-0.2, 0) is 0 Å². The largest absolute Gasteiger partial charge is 0.352 e. The summed E-state index contributed by atoms with van der Waals surface area (Å²) >= 11 is 3.16. The van der Waals surface area contributed by atoms with Crippen molar-refractivity contribution in [3.63, 3.8) is 0 Å². The first-order valence-corrected chi connectivity index (χ1v) is 6.93. The van der Waals surface area contributed by atoms with Crippen LogP contribution in [0.1, 0.15) is 29.6 Å². The zero-order valence-corrected chi connectivity index (χ0v) is 12.8. The van der Waals surface area contributed by atoms with Crippen molar-refractivity contribution < 1.29 is 9.18 Å². The third kappa shape index (κ3) is 4.75. The summed E-state index contributed by atoms with van der Waals surface area (Å²) in [6.07, 6.45) is 3.24. The first-order valence-electron chi connectivity index (χ1n) is 6.13. The van der Waals surface area contributed by atoms with E-state index in [2.05, 4.69) is 26.6 Å². The minimum absolute atomic E-state index is 0. The van der Waals surface area contributed by atoms with Gasteiger partial charge < -0.3 is 10.6 Å². The third-order valence-electron chi connectivity index (χ3n) is 3.12. The summed E-state index contributed by atoms with van der Waals surface area (Å²) in [5.41, 5.74) is 0.0950. The van der Waals surface area contributed by atoms with Gasteiger partial charge in [-0.25, -0.2) is 4.39 Å². The molecule has 1 aliphatic rings. The Hall–Kier alpha value is -0.650. The molecule has 2 N–H and O–H groups in total. The number of carbonyl (C=O) groups excluding carboxylic acids is 1. The molecule has 3 nitrogen and oxygen atoms in total. The molecule has 1 saturated heterocycles. The predicted molar refractivity (Wildman–Crippen MR) is 79.3 cm³/mol. The Bertz CT molecular complexity index is 439. The average Bonchev–Trinajstić information content (AvgIpc) is 2.81. The van der Waals surface area contributed by atoms with Gasteiger partial charge in [0.2, 0.25) is 0 Å². The van der Waals surface area contributed by atoms with Crippen molar-refractivity contribution in [2.45, 2.75) is 25.3 Å². The second-order valence-corrected chi connectivity index (χ2v) is 5.38. The van der Waals surface area contributed by atoms with Crippen LogP contribution >= 0.6 is 28.3 Å². The Balaban J connectivity index is 0.00000180. The Morgan fingerprint density at radius 2 is 2.32 bits per heavy atom. The number of rotatable bonds is 4. The van der Waals surface area contributed by atoms with E-state index in [9.17, 15) is 9.18 Å². The summed E-state index contributed by atoms with van der Waals surface area (Å²) in [5, 5.41) is 6.11. The molecular formula is C13H17BrClFN2O. The van der Waals surface area contributed by atoms with Gasteiger partial charge in [0.1, 0.15) is 5.82 Å². The van der Waals surface area contributed by atoms with Crippen molar-refractivity contribution in [1.82, 2.24) is 10.6 Å². The fraction of sp³-hybridized carbons (Fsp3) is 0.462. The molecule has 0 spiro atoms. The molecule has 1 atom stereocenters. The molecule has 1 aromatic carbocycles. The van der Waals surface area contributed by atoms with Gasteiger partial charge in [-0.2, -0.15) is 0 Å². The lowest BCUT2D eigenvalue weighted by Crippen LogP contribution is -2.31. The van der Waals surface area contributed by atoms with E-state index < -0.39 is 5.82 Å². The zero-order valence-electron chi connectivity index (χ0n) is 10.4. The van der Waals surface area contributed by atoms with Crippen molar-refractivity contribution in [3.05, 3.63) is 34.1 Å². The highest BCUT2D eigenvalue weighted by Crippen LogP contribution is 2.15. The van der Waals surface area contributed by atoms with Gasteiger partial charge in [-0.05, 0) is 44.0 Å². The van der Waals surface area contributed by atoms with E-state index in [1.54, 1.807) is 6.07 Å². The Morgan fingerprint density at radius 3 is 2.95 bits per heavy atom. The quantitative estimate of drug-likeness (QED) is 0.876. The first-order chi connectivity index (χ1) is 8.66. The molecule has 1 amide bonds. The van der Waals surface area contributed by atoms with Gasteiger partial charge in [-0.15, -0.1) is 12.4 Å². The van der Waals surface area contributed by atoms with Gasteiger partial charge >= 0.3 is 0 Å². The number of benzene rings is 1. The lowest BCUT2D eigenvalue weighted by atomic mass is 10.1. The number of halogens is 3. The number of amides is 1. The van der Waals surface area contributed by atoms with Crippen LogP contribution in [-0.4, -0.2) is 25.0 Å². The average molecular weight is 352 g/mol. The molecule has 19 heavy (non-hydrogen) atoms. The number of nitrogens with one attached hydrogen (secondary N) is 2. The summed E-state index contributed by atoms with van der Waals surface area (Å²) in [4.78, 5) is 11.8. The highest BCUT2D eigenvalue weighted by Gasteiger charge is 2.15. The molecule has 0 unspecified atom stereocenters. The van der Waals surface area contributed by atoms with Crippen LogP contribution in [0.4, 0.5) is 4.39 Å². The number of hydrogen-bond donors (Lipinski definition) is 2. The minimum atomic E-state index is -0.499. The first kappa shape index (κ1) is 16.4. The normalized spacial score (nSPS) is 17.9. The Labute approximate surface area is 126 Å². The molecule has 2 rings (SSSR count). The SMILES string of the molecule is Cl.O=C(NCC[C@H]1CCCN1)c1ccc(Br)cc1F. The topological polar surface area (TPSA) is 41.1 Å². The van der Waals surface area contributed by atoms with E-state index in [1.165, 1.54) is 18.6 Å². The maximum absolute atomic E-state index is 13.5. The van der Waals surface area contributed by atoms with Crippen LogP contribution in [0.25, 0.3) is 0 Å². The van der Waals surface area contributed by atoms with Gasteiger partial charge in [0, 0.05) is 17.1 Å². The molecule has 1 fully saturated rings. The number of hydrogen-bond acceptors (Lipinski definition) is 2. The van der Waals surface area contributed by atoms with Crippen LogP contribution < -0.4 is 10.6 Å². The zero-order chi connectivity index (χ0) is 13.0. The van der Waals surface area contributed by atoms with E-state index in [0.29, 0.717) is 17.1 Å². The van der Waals surface area contributed by atoms with Crippen LogP contribution in [0.15, 0.2) is 22.7 Å². The molecule has 1 aliphatic heterocycles. The van der Waals surface area contributed by atoms with E-state index in [-0.39, 0.29) is 23.9 Å². The van der Waals surface area contributed by atoms with Crippen LogP contribution in [0.2, 0.25) is 0 Å². The fourth-order valence-electron chi connectivity index (χ4n) is 2.13. The Kier molecular flexibility index (Phi) is 6.75. The second-order valence-electron chi connectivity index (χ2n) is 4.46. The lowest BCUT2D eigenvalue weighted by molar-refractivity contribution is 0.0948. The van der Waals surface area contributed by atoms with Crippen molar-refractivity contribution in [2.75, 3.05) is 13.1 Å². The van der Waals surface area contributed by atoms with Crippen molar-refractivity contribution >= 4 is 34.2 Å². The minimum Gasteiger partial charge on any atom is -0.352 e. The highest BCUT2D eigenvalue weighted by molar-refractivity contribution is 9.10. The van der Waals surface area contributed by atoms with E-state index in [1.807, 2.05) is 0 Å². The maximum atomic E-state index is 13.5. The molecule has 0 aliphatic carbocycles. The van der Waals surface area contributed by atoms with E-state index >= 15 is 0 Å². The summed E-state index contributed by atoms with van der Waals surface area (Å²) in [6.45, 7) is 1.63. The summed E-state index contributed by atoms with van der Waals surface area (Å²) in [5.74, 6) is -0.848. The van der Waals surface area contributed by atoms with E-state index in [0.717, 1.165) is 19.4 Å². The van der Waals surface area contributed by atoms with Gasteiger partial charge in [0.25, 0.3) is 5.91 Å². The van der Waals surface area contributed by atoms with Crippen molar-refractivity contribution in [1.29, 1.82) is 0 Å². The molecular weight excluding hydrogens is 335 g/mol. The summed E-state index contributed by atoms with van der Waals surface area (Å²) in [7, 11) is 0. The monoisotopic (exact) mass is 350 g/mol. The van der Waals surface area contributed by atoms with Crippen molar-refractivity contribution in [3.8, 4) is 0 Å². The number of carbonyl (C=O) groups is 1. The molecule has 6 heteroatoms. The van der Waals surface area contributed by atoms with Gasteiger partial charge in [-0.1, -0.05) is 15.9 Å². The van der Waals surface area contributed by atoms with Crippen LogP contribution in [0, 0.1) is 5.82 Å². The lowest BCUT2D eigenvalue weighted by Gasteiger charge is -2.11. The fourth-order valence-corrected chi connectivity index (χ4v) is 2.47. The van der Waals surface area contributed by atoms with Gasteiger partial charge in [-0.3, -0.25) is 4.79 Å². The molecule has 0 bridgehead atoms. The third-order valence-corrected chi connectivity index (χ3v) is 3.61. The molecule has 1 heterocycles. The molecule has 106 valence electrons. The molecule has 0 radical (unpaired) electrons. The standard InChI is InChI=1S/C13H16BrFN2O.ClH/c14-9-3-4-11(12(15)8-9)13(18)17-7-5-10-2-1-6-16-10;/h3-4,8,10,16H,1-2,5-7H2,(H,17,18);1H/t10-;/m1./s1. The van der Waals surface area contributed by atoms with Gasteiger partial charge in [0.05, 0.1) is 5.56 Å². The molecule has 1 aromatic rings. The van der Waals surface area contributed by atoms with E-state index in [4.69, 9.17) is 0 Å². The Morgan fingerprint density at radius 1 is 1.53 bits per heavy atom. The second kappa shape index (κ2) is 7.82. The van der Waals surface area contributed by atoms with Crippen LogP contribution in [0.5, 0.6) is 0 Å².